The summed E-state index contributed by atoms with van der Waals surface area (Å²) in [5, 5.41) is 17.8. The molecule has 0 aliphatic heterocycles. The topological polar surface area (TPSA) is 104 Å². The molecule has 0 amide bonds. The van der Waals surface area contributed by atoms with Gasteiger partial charge in [0.05, 0.1) is 12.7 Å². The van der Waals surface area contributed by atoms with Gasteiger partial charge in [-0.05, 0) is 24.6 Å². The van der Waals surface area contributed by atoms with Gasteiger partial charge in [0, 0.05) is 19.7 Å². The molecule has 0 aliphatic rings. The van der Waals surface area contributed by atoms with Crippen LogP contribution in [-0.4, -0.2) is 55.7 Å². The van der Waals surface area contributed by atoms with Crippen molar-refractivity contribution in [2.24, 2.45) is 0 Å². The van der Waals surface area contributed by atoms with E-state index in [-0.39, 0.29) is 35.9 Å². The van der Waals surface area contributed by atoms with Gasteiger partial charge in [-0.25, -0.2) is 13.2 Å². The summed E-state index contributed by atoms with van der Waals surface area (Å²) in [5.74, 6) is -1.18. The van der Waals surface area contributed by atoms with E-state index in [1.54, 1.807) is 6.92 Å². The van der Waals surface area contributed by atoms with Crippen LogP contribution in [0.1, 0.15) is 23.7 Å². The summed E-state index contributed by atoms with van der Waals surface area (Å²) in [5.41, 5.74) is -0.0517. The summed E-state index contributed by atoms with van der Waals surface area (Å²) < 4.78 is 31.3. The van der Waals surface area contributed by atoms with E-state index in [4.69, 9.17) is 14.9 Å². The first kappa shape index (κ1) is 17.4. The highest BCUT2D eigenvalue weighted by Crippen LogP contribution is 2.28. The van der Waals surface area contributed by atoms with Gasteiger partial charge in [0.1, 0.15) is 10.6 Å². The highest BCUT2D eigenvalue weighted by Gasteiger charge is 2.27. The van der Waals surface area contributed by atoms with Crippen molar-refractivity contribution in [3.05, 3.63) is 23.8 Å². The maximum atomic E-state index is 12.5. The lowest BCUT2D eigenvalue weighted by Crippen LogP contribution is -2.32. The molecule has 0 radical (unpaired) electrons. The average Bonchev–Trinajstić information content (AvgIpc) is 2.46. The molecule has 0 saturated carbocycles. The maximum absolute atomic E-state index is 12.5. The summed E-state index contributed by atoms with van der Waals surface area (Å²) in [7, 11) is -2.52. The number of ether oxygens (including phenoxy) is 1. The van der Waals surface area contributed by atoms with Crippen LogP contribution in [0.15, 0.2) is 23.1 Å². The van der Waals surface area contributed by atoms with Gasteiger partial charge in [0.25, 0.3) is 0 Å². The van der Waals surface area contributed by atoms with Crippen molar-refractivity contribution >= 4 is 16.0 Å². The van der Waals surface area contributed by atoms with Crippen molar-refractivity contribution in [1.29, 1.82) is 0 Å². The second-order valence-corrected chi connectivity index (χ2v) is 6.15. The predicted molar refractivity (Wildman–Crippen MR) is 76.1 cm³/mol. The van der Waals surface area contributed by atoms with Crippen LogP contribution in [0.3, 0.4) is 0 Å². The minimum absolute atomic E-state index is 0.0163. The Balaban J connectivity index is 3.26. The molecule has 21 heavy (non-hydrogen) atoms. The molecular weight excluding hydrogens is 298 g/mol. The first-order chi connectivity index (χ1) is 9.88. The van der Waals surface area contributed by atoms with Gasteiger partial charge in [-0.2, -0.15) is 4.31 Å². The zero-order valence-electron chi connectivity index (χ0n) is 11.9. The Labute approximate surface area is 123 Å². The normalized spacial score (nSPS) is 11.6. The fourth-order valence-corrected chi connectivity index (χ4v) is 3.47. The molecule has 8 heteroatoms. The van der Waals surface area contributed by atoms with E-state index in [0.29, 0.717) is 6.42 Å². The standard InChI is InChI=1S/C13H19NO6S/c1-3-14(7-4-8-15)21(18,19)12-6-5-10(13(16)17)9-11(12)20-2/h5-6,9,15H,3-4,7-8H2,1-2H3,(H,16,17). The van der Waals surface area contributed by atoms with E-state index in [0.717, 1.165) is 0 Å². The number of rotatable bonds is 8. The molecule has 2 N–H and O–H groups in total. The lowest BCUT2D eigenvalue weighted by atomic mass is 10.2. The van der Waals surface area contributed by atoms with Crippen LogP contribution in [0, 0.1) is 0 Å². The second-order valence-electron chi connectivity index (χ2n) is 4.24. The number of aliphatic hydroxyl groups excluding tert-OH is 1. The molecule has 0 saturated heterocycles. The average molecular weight is 317 g/mol. The maximum Gasteiger partial charge on any atom is 0.335 e. The molecule has 0 unspecified atom stereocenters. The SMILES string of the molecule is CCN(CCCO)S(=O)(=O)c1ccc(C(=O)O)cc1OC. The number of hydrogen-bond donors (Lipinski definition) is 2. The van der Waals surface area contributed by atoms with E-state index in [9.17, 15) is 13.2 Å². The molecule has 1 aromatic rings. The number of hydrogen-bond acceptors (Lipinski definition) is 5. The fraction of sp³-hybridized carbons (Fsp3) is 0.462. The van der Waals surface area contributed by atoms with E-state index in [2.05, 4.69) is 0 Å². The van der Waals surface area contributed by atoms with Crippen molar-refractivity contribution in [1.82, 2.24) is 4.31 Å². The van der Waals surface area contributed by atoms with Crippen LogP contribution in [0.4, 0.5) is 0 Å². The molecule has 0 spiro atoms. The highest BCUT2D eigenvalue weighted by atomic mass is 32.2. The number of carboxylic acids is 1. The number of aliphatic hydroxyl groups is 1. The summed E-state index contributed by atoms with van der Waals surface area (Å²) >= 11 is 0. The summed E-state index contributed by atoms with van der Waals surface area (Å²) in [6, 6.07) is 3.62. The molecule has 0 atom stereocenters. The minimum atomic E-state index is -3.80. The number of sulfonamides is 1. The molecule has 0 bridgehead atoms. The first-order valence-electron chi connectivity index (χ1n) is 6.40. The zero-order valence-corrected chi connectivity index (χ0v) is 12.8. The number of benzene rings is 1. The third-order valence-electron chi connectivity index (χ3n) is 2.95. The Morgan fingerprint density at radius 3 is 2.52 bits per heavy atom. The van der Waals surface area contributed by atoms with Gasteiger partial charge in [-0.3, -0.25) is 0 Å². The number of carbonyl (C=O) groups is 1. The van der Waals surface area contributed by atoms with Crippen molar-refractivity contribution < 1.29 is 28.2 Å². The molecule has 0 heterocycles. The van der Waals surface area contributed by atoms with Crippen LogP contribution in [0.5, 0.6) is 5.75 Å². The third kappa shape index (κ3) is 3.93. The zero-order chi connectivity index (χ0) is 16.0. The smallest absolute Gasteiger partial charge is 0.335 e. The summed E-state index contributed by atoms with van der Waals surface area (Å²) in [4.78, 5) is 10.8. The largest absolute Gasteiger partial charge is 0.495 e. The van der Waals surface area contributed by atoms with Crippen molar-refractivity contribution in [3.8, 4) is 5.75 Å². The Morgan fingerprint density at radius 1 is 1.38 bits per heavy atom. The van der Waals surface area contributed by atoms with Gasteiger partial charge >= 0.3 is 5.97 Å². The molecule has 1 rings (SSSR count). The van der Waals surface area contributed by atoms with E-state index < -0.39 is 16.0 Å². The van der Waals surface area contributed by atoms with Gasteiger partial charge < -0.3 is 14.9 Å². The lowest BCUT2D eigenvalue weighted by molar-refractivity contribution is 0.0696. The van der Waals surface area contributed by atoms with Crippen molar-refractivity contribution in [2.75, 3.05) is 26.8 Å². The summed E-state index contributed by atoms with van der Waals surface area (Å²) in [6.45, 7) is 2.00. The van der Waals surface area contributed by atoms with E-state index in [1.807, 2.05) is 0 Å². The minimum Gasteiger partial charge on any atom is -0.495 e. The Morgan fingerprint density at radius 2 is 2.05 bits per heavy atom. The Bertz CT molecular complexity index is 599. The van der Waals surface area contributed by atoms with Crippen LogP contribution < -0.4 is 4.74 Å². The monoisotopic (exact) mass is 317 g/mol. The van der Waals surface area contributed by atoms with Crippen LogP contribution in [0.2, 0.25) is 0 Å². The first-order valence-corrected chi connectivity index (χ1v) is 7.84. The van der Waals surface area contributed by atoms with Crippen molar-refractivity contribution in [2.45, 2.75) is 18.2 Å². The number of aromatic carboxylic acids is 1. The fourth-order valence-electron chi connectivity index (χ4n) is 1.85. The highest BCUT2D eigenvalue weighted by molar-refractivity contribution is 7.89. The molecule has 1 aromatic carbocycles. The second kappa shape index (κ2) is 7.39. The quantitative estimate of drug-likeness (QED) is 0.734. The number of carboxylic acid groups (broad SMARTS) is 1. The van der Waals surface area contributed by atoms with E-state index in [1.165, 1.54) is 29.6 Å². The summed E-state index contributed by atoms with van der Waals surface area (Å²) in [6.07, 6.45) is 0.322. The van der Waals surface area contributed by atoms with Gasteiger partial charge in [0.2, 0.25) is 10.0 Å². The van der Waals surface area contributed by atoms with Gasteiger partial charge in [-0.15, -0.1) is 0 Å². The lowest BCUT2D eigenvalue weighted by Gasteiger charge is -2.21. The third-order valence-corrected chi connectivity index (χ3v) is 4.96. The molecular formula is C13H19NO6S. The predicted octanol–water partition coefficient (Wildman–Crippen LogP) is 0.786. The van der Waals surface area contributed by atoms with E-state index >= 15 is 0 Å². The van der Waals surface area contributed by atoms with Gasteiger partial charge in [0.15, 0.2) is 0 Å². The van der Waals surface area contributed by atoms with Gasteiger partial charge in [-0.1, -0.05) is 6.92 Å². The molecule has 118 valence electrons. The number of methoxy groups -OCH3 is 1. The molecule has 7 nitrogen and oxygen atoms in total. The van der Waals surface area contributed by atoms with Crippen LogP contribution in [0.25, 0.3) is 0 Å². The van der Waals surface area contributed by atoms with Crippen LogP contribution >= 0.6 is 0 Å². The van der Waals surface area contributed by atoms with Crippen molar-refractivity contribution in [3.63, 3.8) is 0 Å². The Hall–Kier alpha value is -1.64. The molecule has 0 aromatic heterocycles. The Kier molecular flexibility index (Phi) is 6.13. The van der Waals surface area contributed by atoms with Crippen LogP contribution in [-0.2, 0) is 10.0 Å². The number of nitrogens with zero attached hydrogens (tertiary/aromatic N) is 1. The molecule has 0 aliphatic carbocycles. The molecule has 0 fully saturated rings.